The summed E-state index contributed by atoms with van der Waals surface area (Å²) >= 11 is 2.15. The van der Waals surface area contributed by atoms with Crippen LogP contribution < -0.4 is 11.2 Å². The number of nitrogens with zero attached hydrogens (tertiary/aromatic N) is 1. The van der Waals surface area contributed by atoms with E-state index in [2.05, 4.69) is 33.1 Å². The Kier molecular flexibility index (Phi) is 4.28. The van der Waals surface area contributed by atoms with E-state index in [0.29, 0.717) is 11.3 Å². The standard InChI is InChI=1S/C11H14IN3O/c1-6(2)14-15-11(16)9-5-8(12)4-7(3)10(9)13/h4-5H,13H2,1-3H3,(H,15,16). The molecule has 0 heterocycles. The molecule has 0 saturated heterocycles. The van der Waals surface area contributed by atoms with Crippen molar-refractivity contribution in [3.8, 4) is 0 Å². The highest BCUT2D eigenvalue weighted by atomic mass is 127. The number of carbonyl (C=O) groups excluding carboxylic acids is 1. The van der Waals surface area contributed by atoms with Crippen molar-refractivity contribution < 1.29 is 4.79 Å². The molecule has 0 radical (unpaired) electrons. The summed E-state index contributed by atoms with van der Waals surface area (Å²) < 4.78 is 0.978. The molecule has 0 aliphatic rings. The molecule has 5 heteroatoms. The first-order valence-corrected chi connectivity index (χ1v) is 5.86. The molecule has 0 atom stereocenters. The van der Waals surface area contributed by atoms with Gasteiger partial charge in [0.15, 0.2) is 0 Å². The zero-order chi connectivity index (χ0) is 12.3. The number of hydrogen-bond acceptors (Lipinski definition) is 3. The van der Waals surface area contributed by atoms with Crippen LogP contribution in [0, 0.1) is 10.5 Å². The Morgan fingerprint density at radius 2 is 2.06 bits per heavy atom. The summed E-state index contributed by atoms with van der Waals surface area (Å²) in [6, 6.07) is 3.68. The van der Waals surface area contributed by atoms with E-state index >= 15 is 0 Å². The predicted octanol–water partition coefficient (Wildman–Crippen LogP) is 2.31. The molecule has 0 unspecified atom stereocenters. The average molecular weight is 331 g/mol. The molecule has 1 amide bonds. The first-order chi connectivity index (χ1) is 7.41. The molecule has 1 rings (SSSR count). The summed E-state index contributed by atoms with van der Waals surface area (Å²) in [5.74, 6) is -0.277. The molecule has 3 N–H and O–H groups in total. The van der Waals surface area contributed by atoms with Crippen LogP contribution in [0.15, 0.2) is 17.2 Å². The highest BCUT2D eigenvalue weighted by Gasteiger charge is 2.11. The summed E-state index contributed by atoms with van der Waals surface area (Å²) in [5, 5.41) is 3.86. The topological polar surface area (TPSA) is 67.5 Å². The van der Waals surface area contributed by atoms with Gasteiger partial charge in [-0.15, -0.1) is 0 Å². The maximum Gasteiger partial charge on any atom is 0.273 e. The number of amides is 1. The second kappa shape index (κ2) is 5.29. The SMILES string of the molecule is CC(C)=NNC(=O)c1cc(I)cc(C)c1N. The predicted molar refractivity (Wildman–Crippen MR) is 74.6 cm³/mol. The van der Waals surface area contributed by atoms with Crippen LogP contribution in [0.4, 0.5) is 5.69 Å². The molecule has 0 aliphatic heterocycles. The Morgan fingerprint density at radius 3 is 2.62 bits per heavy atom. The molecule has 0 fully saturated rings. The smallest absolute Gasteiger partial charge is 0.273 e. The molecule has 0 aromatic heterocycles. The second-order valence-electron chi connectivity index (χ2n) is 3.68. The highest BCUT2D eigenvalue weighted by molar-refractivity contribution is 14.1. The summed E-state index contributed by atoms with van der Waals surface area (Å²) in [6.45, 7) is 5.50. The van der Waals surface area contributed by atoms with Gasteiger partial charge in [-0.2, -0.15) is 5.10 Å². The molecule has 0 saturated carbocycles. The Bertz CT molecular complexity index is 451. The number of hydrogen-bond donors (Lipinski definition) is 2. The summed E-state index contributed by atoms with van der Waals surface area (Å²) in [6.07, 6.45) is 0. The highest BCUT2D eigenvalue weighted by Crippen LogP contribution is 2.20. The molecular weight excluding hydrogens is 317 g/mol. The molecule has 0 spiro atoms. The number of nitrogen functional groups attached to an aromatic ring is 1. The third kappa shape index (κ3) is 3.19. The van der Waals surface area contributed by atoms with Crippen LogP contribution in [-0.2, 0) is 0 Å². The van der Waals surface area contributed by atoms with Gasteiger partial charge in [0.05, 0.1) is 5.56 Å². The quantitative estimate of drug-likeness (QED) is 0.378. The van der Waals surface area contributed by atoms with Crippen molar-refractivity contribution in [2.24, 2.45) is 5.10 Å². The molecule has 86 valence electrons. The Hall–Kier alpha value is -1.11. The first kappa shape index (κ1) is 13.0. The van der Waals surface area contributed by atoms with Gasteiger partial charge in [-0.1, -0.05) is 0 Å². The van der Waals surface area contributed by atoms with E-state index in [1.165, 1.54) is 0 Å². The van der Waals surface area contributed by atoms with Crippen molar-refractivity contribution in [1.29, 1.82) is 0 Å². The van der Waals surface area contributed by atoms with E-state index in [0.717, 1.165) is 14.8 Å². The fourth-order valence-corrected chi connectivity index (χ4v) is 1.94. The number of nitrogens with one attached hydrogen (secondary N) is 1. The number of nitrogens with two attached hydrogens (primary N) is 1. The van der Waals surface area contributed by atoms with E-state index < -0.39 is 0 Å². The average Bonchev–Trinajstić information content (AvgIpc) is 2.19. The van der Waals surface area contributed by atoms with E-state index in [1.54, 1.807) is 6.07 Å². The van der Waals surface area contributed by atoms with Gasteiger partial charge in [-0.25, -0.2) is 5.43 Å². The van der Waals surface area contributed by atoms with Gasteiger partial charge in [-0.05, 0) is 61.1 Å². The van der Waals surface area contributed by atoms with Gasteiger partial charge >= 0.3 is 0 Å². The maximum absolute atomic E-state index is 11.8. The van der Waals surface area contributed by atoms with Crippen LogP contribution in [0.3, 0.4) is 0 Å². The van der Waals surface area contributed by atoms with E-state index in [-0.39, 0.29) is 5.91 Å². The zero-order valence-electron chi connectivity index (χ0n) is 9.47. The van der Waals surface area contributed by atoms with Crippen LogP contribution in [0.25, 0.3) is 0 Å². The van der Waals surface area contributed by atoms with Gasteiger partial charge in [0, 0.05) is 15.0 Å². The number of carbonyl (C=O) groups is 1. The number of aryl methyl sites for hydroxylation is 1. The molecule has 0 bridgehead atoms. The maximum atomic E-state index is 11.8. The van der Waals surface area contributed by atoms with Crippen LogP contribution >= 0.6 is 22.6 Å². The lowest BCUT2D eigenvalue weighted by Crippen LogP contribution is -2.20. The third-order valence-electron chi connectivity index (χ3n) is 1.98. The van der Waals surface area contributed by atoms with E-state index in [9.17, 15) is 4.79 Å². The van der Waals surface area contributed by atoms with Crippen molar-refractivity contribution in [3.05, 3.63) is 26.8 Å². The Morgan fingerprint density at radius 1 is 1.44 bits per heavy atom. The van der Waals surface area contributed by atoms with Crippen molar-refractivity contribution in [1.82, 2.24) is 5.43 Å². The van der Waals surface area contributed by atoms with Gasteiger partial charge in [0.1, 0.15) is 0 Å². The fraction of sp³-hybridized carbons (Fsp3) is 0.273. The Labute approximate surface area is 108 Å². The van der Waals surface area contributed by atoms with Gasteiger partial charge in [0.2, 0.25) is 0 Å². The monoisotopic (exact) mass is 331 g/mol. The molecular formula is C11H14IN3O. The van der Waals surface area contributed by atoms with Gasteiger partial charge < -0.3 is 5.73 Å². The molecule has 16 heavy (non-hydrogen) atoms. The molecule has 1 aromatic rings. The summed E-state index contributed by atoms with van der Waals surface area (Å²) in [5.41, 5.74) is 11.0. The van der Waals surface area contributed by atoms with Crippen LogP contribution in [-0.4, -0.2) is 11.6 Å². The third-order valence-corrected chi connectivity index (χ3v) is 2.60. The van der Waals surface area contributed by atoms with Gasteiger partial charge in [0.25, 0.3) is 5.91 Å². The number of benzene rings is 1. The molecule has 1 aromatic carbocycles. The minimum absolute atomic E-state index is 0.277. The van der Waals surface area contributed by atoms with Crippen LogP contribution in [0.5, 0.6) is 0 Å². The summed E-state index contributed by atoms with van der Waals surface area (Å²) in [7, 11) is 0. The number of rotatable bonds is 2. The van der Waals surface area contributed by atoms with Crippen molar-refractivity contribution >= 4 is 39.9 Å². The second-order valence-corrected chi connectivity index (χ2v) is 4.93. The lowest BCUT2D eigenvalue weighted by molar-refractivity contribution is 0.0955. The first-order valence-electron chi connectivity index (χ1n) is 4.78. The number of anilines is 1. The van der Waals surface area contributed by atoms with Crippen LogP contribution in [0.1, 0.15) is 29.8 Å². The number of hydrazone groups is 1. The van der Waals surface area contributed by atoms with Crippen molar-refractivity contribution in [2.75, 3.05) is 5.73 Å². The normalized spacial score (nSPS) is 9.75. The molecule has 0 aliphatic carbocycles. The van der Waals surface area contributed by atoms with E-state index in [1.807, 2.05) is 26.8 Å². The van der Waals surface area contributed by atoms with E-state index in [4.69, 9.17) is 5.73 Å². The number of halogens is 1. The van der Waals surface area contributed by atoms with Gasteiger partial charge in [-0.3, -0.25) is 4.79 Å². The Balaban J connectivity index is 3.04. The molecule has 4 nitrogen and oxygen atoms in total. The van der Waals surface area contributed by atoms with Crippen molar-refractivity contribution in [2.45, 2.75) is 20.8 Å². The summed E-state index contributed by atoms with van der Waals surface area (Å²) in [4.78, 5) is 11.8. The minimum atomic E-state index is -0.277. The largest absolute Gasteiger partial charge is 0.398 e. The lowest BCUT2D eigenvalue weighted by atomic mass is 10.1. The zero-order valence-corrected chi connectivity index (χ0v) is 11.6. The fourth-order valence-electron chi connectivity index (χ4n) is 1.16. The van der Waals surface area contributed by atoms with Crippen LogP contribution in [0.2, 0.25) is 0 Å². The minimum Gasteiger partial charge on any atom is -0.398 e. The lowest BCUT2D eigenvalue weighted by Gasteiger charge is -2.08. The van der Waals surface area contributed by atoms with Crippen molar-refractivity contribution in [3.63, 3.8) is 0 Å².